The zero-order valence-corrected chi connectivity index (χ0v) is 13.6. The number of carbonyl (C=O) groups is 2. The molecule has 0 unspecified atom stereocenters. The minimum absolute atomic E-state index is 0.0524. The molecule has 2 N–H and O–H groups in total. The number of hydrogen-bond acceptors (Lipinski definition) is 2. The van der Waals surface area contributed by atoms with Gasteiger partial charge in [0, 0.05) is 25.6 Å². The zero-order chi connectivity index (χ0) is 15.5. The van der Waals surface area contributed by atoms with Gasteiger partial charge in [0.2, 0.25) is 5.91 Å². The Hall–Kier alpha value is -1.26. The van der Waals surface area contributed by atoms with Crippen LogP contribution >= 0.6 is 0 Å². The monoisotopic (exact) mass is 295 g/mol. The number of nitrogens with one attached hydrogen (secondary N) is 2. The fourth-order valence-electron chi connectivity index (χ4n) is 3.25. The first-order valence-electron chi connectivity index (χ1n) is 8.18. The Morgan fingerprint density at radius 1 is 1.14 bits per heavy atom. The van der Waals surface area contributed by atoms with Gasteiger partial charge in [-0.1, -0.05) is 40.0 Å². The summed E-state index contributed by atoms with van der Waals surface area (Å²) in [5, 5.41) is 6.00. The standard InChI is InChI=1S/C16H29N3O2/c1-16(2,3)11-19-10-13(9-14(19)20)18-15(21)17-12-7-5-4-6-8-12/h12-13H,4-11H2,1-3H3,(H2,17,18,21)/t13-/m0/s1. The van der Waals surface area contributed by atoms with E-state index in [9.17, 15) is 9.59 Å². The quantitative estimate of drug-likeness (QED) is 0.839. The molecule has 1 saturated carbocycles. The first-order valence-corrected chi connectivity index (χ1v) is 8.18. The van der Waals surface area contributed by atoms with Crippen LogP contribution in [0.25, 0.3) is 0 Å². The number of likely N-dealkylation sites (tertiary alicyclic amines) is 1. The van der Waals surface area contributed by atoms with Crippen molar-refractivity contribution in [1.29, 1.82) is 0 Å². The Labute approximate surface area is 127 Å². The maximum atomic E-state index is 12.0. The van der Waals surface area contributed by atoms with Gasteiger partial charge in [-0.25, -0.2) is 4.79 Å². The summed E-state index contributed by atoms with van der Waals surface area (Å²) < 4.78 is 0. The minimum atomic E-state index is -0.114. The summed E-state index contributed by atoms with van der Waals surface area (Å²) >= 11 is 0. The van der Waals surface area contributed by atoms with Crippen LogP contribution in [0.1, 0.15) is 59.3 Å². The molecule has 0 aromatic heterocycles. The molecule has 1 heterocycles. The molecule has 2 rings (SSSR count). The van der Waals surface area contributed by atoms with Gasteiger partial charge in [0.25, 0.3) is 0 Å². The van der Waals surface area contributed by atoms with Crippen LogP contribution in [0.5, 0.6) is 0 Å². The second-order valence-corrected chi connectivity index (χ2v) is 7.69. The second-order valence-electron chi connectivity index (χ2n) is 7.69. The van der Waals surface area contributed by atoms with E-state index in [1.54, 1.807) is 0 Å². The van der Waals surface area contributed by atoms with Crippen molar-refractivity contribution in [2.24, 2.45) is 5.41 Å². The number of urea groups is 1. The van der Waals surface area contributed by atoms with E-state index in [2.05, 4.69) is 31.4 Å². The van der Waals surface area contributed by atoms with Gasteiger partial charge in [-0.3, -0.25) is 4.79 Å². The molecule has 0 aromatic carbocycles. The fourth-order valence-corrected chi connectivity index (χ4v) is 3.25. The molecule has 0 radical (unpaired) electrons. The van der Waals surface area contributed by atoms with E-state index in [0.29, 0.717) is 19.0 Å². The molecular weight excluding hydrogens is 266 g/mol. The molecule has 1 saturated heterocycles. The number of nitrogens with zero attached hydrogens (tertiary/aromatic N) is 1. The molecule has 2 aliphatic rings. The van der Waals surface area contributed by atoms with Crippen LogP contribution < -0.4 is 10.6 Å². The second kappa shape index (κ2) is 6.67. The average Bonchev–Trinajstić information content (AvgIpc) is 2.68. The molecule has 1 atom stereocenters. The molecule has 1 aliphatic heterocycles. The highest BCUT2D eigenvalue weighted by atomic mass is 16.2. The van der Waals surface area contributed by atoms with Crippen LogP contribution in [0.2, 0.25) is 0 Å². The average molecular weight is 295 g/mol. The van der Waals surface area contributed by atoms with Gasteiger partial charge < -0.3 is 15.5 Å². The molecule has 0 bridgehead atoms. The first-order chi connectivity index (χ1) is 9.83. The van der Waals surface area contributed by atoms with Gasteiger partial charge in [0.1, 0.15) is 0 Å². The SMILES string of the molecule is CC(C)(C)CN1C[C@@H](NC(=O)NC2CCCCC2)CC1=O. The molecule has 1 aliphatic carbocycles. The maximum absolute atomic E-state index is 12.0. The van der Waals surface area contributed by atoms with E-state index in [4.69, 9.17) is 0 Å². The normalized spacial score (nSPS) is 24.2. The van der Waals surface area contributed by atoms with E-state index in [1.165, 1.54) is 19.3 Å². The van der Waals surface area contributed by atoms with E-state index in [1.807, 2.05) is 4.90 Å². The smallest absolute Gasteiger partial charge is 0.315 e. The van der Waals surface area contributed by atoms with Gasteiger partial charge in [-0.05, 0) is 18.3 Å². The predicted molar refractivity (Wildman–Crippen MR) is 83.0 cm³/mol. The van der Waals surface area contributed by atoms with Crippen molar-refractivity contribution < 1.29 is 9.59 Å². The Kier molecular flexibility index (Phi) is 5.12. The highest BCUT2D eigenvalue weighted by molar-refractivity contribution is 5.81. The summed E-state index contributed by atoms with van der Waals surface area (Å²) in [4.78, 5) is 25.9. The third-order valence-electron chi connectivity index (χ3n) is 4.16. The highest BCUT2D eigenvalue weighted by Gasteiger charge is 2.33. The minimum Gasteiger partial charge on any atom is -0.340 e. The van der Waals surface area contributed by atoms with Gasteiger partial charge >= 0.3 is 6.03 Å². The van der Waals surface area contributed by atoms with Crippen LogP contribution in [0.4, 0.5) is 4.79 Å². The molecule has 5 nitrogen and oxygen atoms in total. The van der Waals surface area contributed by atoms with Crippen LogP contribution in [-0.2, 0) is 4.79 Å². The summed E-state index contributed by atoms with van der Waals surface area (Å²) in [5.41, 5.74) is 0.0922. The van der Waals surface area contributed by atoms with Crippen molar-refractivity contribution in [1.82, 2.24) is 15.5 Å². The molecule has 120 valence electrons. The van der Waals surface area contributed by atoms with E-state index >= 15 is 0 Å². The number of amides is 3. The summed E-state index contributed by atoms with van der Waals surface area (Å²) in [6.45, 7) is 7.74. The summed E-state index contributed by atoms with van der Waals surface area (Å²) in [6, 6.07) is 0.141. The summed E-state index contributed by atoms with van der Waals surface area (Å²) in [5.74, 6) is 0.146. The topological polar surface area (TPSA) is 61.4 Å². The van der Waals surface area contributed by atoms with E-state index in [-0.39, 0.29) is 23.4 Å². The number of rotatable bonds is 3. The third kappa shape index (κ3) is 5.21. The maximum Gasteiger partial charge on any atom is 0.315 e. The van der Waals surface area contributed by atoms with Crippen molar-refractivity contribution in [3.8, 4) is 0 Å². The summed E-state index contributed by atoms with van der Waals surface area (Å²) in [6.07, 6.45) is 6.26. The highest BCUT2D eigenvalue weighted by Crippen LogP contribution is 2.20. The van der Waals surface area contributed by atoms with Gasteiger partial charge in [-0.2, -0.15) is 0 Å². The summed E-state index contributed by atoms with van der Waals surface area (Å²) in [7, 11) is 0. The predicted octanol–water partition coefficient (Wildman–Crippen LogP) is 2.27. The van der Waals surface area contributed by atoms with Crippen LogP contribution in [-0.4, -0.2) is 42.0 Å². The lowest BCUT2D eigenvalue weighted by molar-refractivity contribution is -0.128. The molecule has 21 heavy (non-hydrogen) atoms. The zero-order valence-electron chi connectivity index (χ0n) is 13.6. The Morgan fingerprint density at radius 2 is 1.76 bits per heavy atom. The van der Waals surface area contributed by atoms with Crippen LogP contribution in [0.15, 0.2) is 0 Å². The lowest BCUT2D eigenvalue weighted by Crippen LogP contribution is -2.47. The Morgan fingerprint density at radius 3 is 2.38 bits per heavy atom. The molecule has 0 spiro atoms. The Bertz CT molecular complexity index is 383. The van der Waals surface area contributed by atoms with Gasteiger partial charge in [0.15, 0.2) is 0 Å². The number of hydrogen-bond donors (Lipinski definition) is 2. The van der Waals surface area contributed by atoms with Crippen molar-refractivity contribution in [2.75, 3.05) is 13.1 Å². The van der Waals surface area contributed by atoms with Crippen molar-refractivity contribution >= 4 is 11.9 Å². The fraction of sp³-hybridized carbons (Fsp3) is 0.875. The van der Waals surface area contributed by atoms with E-state index < -0.39 is 0 Å². The molecular formula is C16H29N3O2. The first kappa shape index (κ1) is 16.1. The molecule has 2 fully saturated rings. The molecule has 5 heteroatoms. The van der Waals surface area contributed by atoms with Crippen molar-refractivity contribution in [3.05, 3.63) is 0 Å². The largest absolute Gasteiger partial charge is 0.340 e. The van der Waals surface area contributed by atoms with Crippen molar-refractivity contribution in [3.63, 3.8) is 0 Å². The molecule has 3 amide bonds. The lowest BCUT2D eigenvalue weighted by atomic mass is 9.96. The lowest BCUT2D eigenvalue weighted by Gasteiger charge is -2.27. The molecule has 0 aromatic rings. The van der Waals surface area contributed by atoms with Gasteiger partial charge in [0.05, 0.1) is 6.04 Å². The van der Waals surface area contributed by atoms with Crippen LogP contribution in [0, 0.1) is 5.41 Å². The van der Waals surface area contributed by atoms with Crippen LogP contribution in [0.3, 0.4) is 0 Å². The number of carbonyl (C=O) groups excluding carboxylic acids is 2. The third-order valence-corrected chi connectivity index (χ3v) is 4.16. The van der Waals surface area contributed by atoms with Crippen molar-refractivity contribution in [2.45, 2.75) is 71.4 Å². The van der Waals surface area contributed by atoms with Gasteiger partial charge in [-0.15, -0.1) is 0 Å². The van der Waals surface area contributed by atoms with E-state index in [0.717, 1.165) is 19.4 Å². The Balaban J connectivity index is 1.75.